The number of esters is 1. The molecule has 0 saturated heterocycles. The monoisotopic (exact) mass is 255 g/mol. The average Bonchev–Trinajstić information content (AvgIpc) is 3.08. The number of carbonyl (C=O) groups excluding carboxylic acids is 1. The molecule has 0 aliphatic heterocycles. The van der Waals surface area contributed by atoms with Gasteiger partial charge in [-0.15, -0.1) is 0 Å². The van der Waals surface area contributed by atoms with E-state index in [0.29, 0.717) is 12.8 Å². The minimum Gasteiger partial charge on any atom is -0.468 e. The summed E-state index contributed by atoms with van der Waals surface area (Å²) in [7, 11) is 1.20. The van der Waals surface area contributed by atoms with Crippen molar-refractivity contribution in [3.8, 4) is 5.75 Å². The third-order valence-electron chi connectivity index (χ3n) is 2.70. The zero-order chi connectivity index (χ0) is 13.3. The van der Waals surface area contributed by atoms with Gasteiger partial charge in [-0.3, -0.25) is 10.1 Å². The van der Waals surface area contributed by atoms with Crippen LogP contribution in [0.15, 0.2) is 18.2 Å². The lowest BCUT2D eigenvalue weighted by atomic mass is 10.2. The van der Waals surface area contributed by atoms with Crippen LogP contribution in [0.25, 0.3) is 0 Å². The predicted molar refractivity (Wildman–Crippen MR) is 57.7 cm³/mol. The van der Waals surface area contributed by atoms with Gasteiger partial charge in [0.25, 0.3) is 0 Å². The number of para-hydroxylation sites is 1. The van der Waals surface area contributed by atoms with E-state index in [0.717, 1.165) is 6.07 Å². The van der Waals surface area contributed by atoms with Crippen molar-refractivity contribution >= 4 is 11.7 Å². The Hall–Kier alpha value is -2.18. The number of ether oxygens (including phenoxy) is 2. The molecule has 0 unspecified atom stereocenters. The van der Waals surface area contributed by atoms with Crippen molar-refractivity contribution in [2.75, 3.05) is 7.11 Å². The van der Waals surface area contributed by atoms with Crippen LogP contribution < -0.4 is 4.74 Å². The molecule has 96 valence electrons. The minimum atomic E-state index is -1.20. The van der Waals surface area contributed by atoms with E-state index in [-0.39, 0.29) is 5.75 Å². The average molecular weight is 255 g/mol. The summed E-state index contributed by atoms with van der Waals surface area (Å²) >= 11 is 0. The Morgan fingerprint density at radius 2 is 2.17 bits per heavy atom. The van der Waals surface area contributed by atoms with Crippen molar-refractivity contribution in [1.82, 2.24) is 0 Å². The summed E-state index contributed by atoms with van der Waals surface area (Å²) in [4.78, 5) is 21.3. The van der Waals surface area contributed by atoms with Crippen LogP contribution in [-0.2, 0) is 9.53 Å². The van der Waals surface area contributed by atoms with Gasteiger partial charge in [-0.2, -0.15) is 4.39 Å². The normalized spacial score (nSPS) is 15.9. The number of nitrogens with zero attached hydrogens (tertiary/aromatic N) is 1. The van der Waals surface area contributed by atoms with Crippen molar-refractivity contribution in [2.24, 2.45) is 0 Å². The quantitative estimate of drug-likeness (QED) is 0.465. The van der Waals surface area contributed by atoms with Gasteiger partial charge in [-0.25, -0.2) is 4.79 Å². The molecule has 0 aromatic heterocycles. The second-order valence-corrected chi connectivity index (χ2v) is 3.93. The van der Waals surface area contributed by atoms with Crippen molar-refractivity contribution in [1.29, 1.82) is 0 Å². The Kier molecular flexibility index (Phi) is 2.90. The fourth-order valence-electron chi connectivity index (χ4n) is 1.61. The van der Waals surface area contributed by atoms with Crippen molar-refractivity contribution in [2.45, 2.75) is 18.4 Å². The van der Waals surface area contributed by atoms with E-state index in [2.05, 4.69) is 4.74 Å². The molecule has 7 heteroatoms. The van der Waals surface area contributed by atoms with Gasteiger partial charge in [0.05, 0.1) is 12.0 Å². The molecule has 18 heavy (non-hydrogen) atoms. The van der Waals surface area contributed by atoms with Crippen molar-refractivity contribution < 1.29 is 23.6 Å². The number of carbonyl (C=O) groups is 1. The first kappa shape index (κ1) is 12.3. The highest BCUT2D eigenvalue weighted by molar-refractivity contribution is 5.83. The number of nitro groups is 1. The van der Waals surface area contributed by atoms with Crippen LogP contribution in [0.2, 0.25) is 0 Å². The summed E-state index contributed by atoms with van der Waals surface area (Å²) in [5, 5.41) is 10.8. The molecule has 1 aliphatic rings. The van der Waals surface area contributed by atoms with E-state index >= 15 is 0 Å². The first-order valence-corrected chi connectivity index (χ1v) is 5.20. The van der Waals surface area contributed by atoms with E-state index < -0.39 is 28.0 Å². The largest absolute Gasteiger partial charge is 0.468 e. The molecular weight excluding hydrogens is 245 g/mol. The molecule has 1 aromatic rings. The van der Waals surface area contributed by atoms with Crippen LogP contribution in [0, 0.1) is 15.9 Å². The van der Waals surface area contributed by atoms with E-state index in [1.54, 1.807) is 0 Å². The second-order valence-electron chi connectivity index (χ2n) is 3.93. The van der Waals surface area contributed by atoms with E-state index in [4.69, 9.17) is 4.74 Å². The molecule has 6 nitrogen and oxygen atoms in total. The Labute approximate surface area is 101 Å². The number of halogens is 1. The number of benzene rings is 1. The summed E-state index contributed by atoms with van der Waals surface area (Å²) in [5.74, 6) is -1.87. The van der Waals surface area contributed by atoms with Crippen LogP contribution >= 0.6 is 0 Å². The Morgan fingerprint density at radius 3 is 2.67 bits per heavy atom. The Morgan fingerprint density at radius 1 is 1.50 bits per heavy atom. The molecule has 0 bridgehead atoms. The number of rotatable bonds is 4. The van der Waals surface area contributed by atoms with Crippen molar-refractivity contribution in [3.05, 3.63) is 34.1 Å². The van der Waals surface area contributed by atoms with Gasteiger partial charge in [0.1, 0.15) is 0 Å². The Bertz CT molecular complexity index is 512. The summed E-state index contributed by atoms with van der Waals surface area (Å²) in [5.41, 5.74) is -1.97. The molecule has 0 atom stereocenters. The number of hydrogen-bond acceptors (Lipinski definition) is 5. The zero-order valence-corrected chi connectivity index (χ0v) is 9.51. The molecule has 0 amide bonds. The molecule has 0 radical (unpaired) electrons. The maximum absolute atomic E-state index is 13.3. The van der Waals surface area contributed by atoms with Gasteiger partial charge in [0.15, 0.2) is 0 Å². The molecule has 2 rings (SSSR count). The topological polar surface area (TPSA) is 78.7 Å². The molecule has 1 aromatic carbocycles. The number of hydrogen-bond donors (Lipinski definition) is 0. The van der Waals surface area contributed by atoms with Gasteiger partial charge in [0.2, 0.25) is 17.2 Å². The van der Waals surface area contributed by atoms with Crippen LogP contribution in [0.3, 0.4) is 0 Å². The molecule has 0 N–H and O–H groups in total. The molecule has 1 fully saturated rings. The summed E-state index contributed by atoms with van der Waals surface area (Å²) in [6, 6.07) is 3.50. The lowest BCUT2D eigenvalue weighted by molar-refractivity contribution is -0.388. The van der Waals surface area contributed by atoms with Crippen LogP contribution in [0.4, 0.5) is 10.1 Å². The smallest absolute Gasteiger partial charge is 0.350 e. The fraction of sp³-hybridized carbons (Fsp3) is 0.364. The summed E-state index contributed by atoms with van der Waals surface area (Å²) in [6.07, 6.45) is 0.792. The first-order valence-electron chi connectivity index (χ1n) is 5.20. The van der Waals surface area contributed by atoms with Gasteiger partial charge in [-0.05, 0) is 12.1 Å². The maximum atomic E-state index is 13.3. The van der Waals surface area contributed by atoms with Crippen LogP contribution in [0.5, 0.6) is 5.75 Å². The summed E-state index contributed by atoms with van der Waals surface area (Å²) in [6.45, 7) is 0. The molecular formula is C11H10FNO5. The van der Waals surface area contributed by atoms with Gasteiger partial charge < -0.3 is 9.47 Å². The van der Waals surface area contributed by atoms with E-state index in [1.165, 1.54) is 19.2 Å². The maximum Gasteiger partial charge on any atom is 0.350 e. The van der Waals surface area contributed by atoms with Gasteiger partial charge in [-0.1, -0.05) is 6.07 Å². The summed E-state index contributed by atoms with van der Waals surface area (Å²) < 4.78 is 23.2. The SMILES string of the molecule is COC(=O)C1(Oc2cccc(F)c2[N+](=O)[O-])CC1. The molecule has 1 saturated carbocycles. The lowest BCUT2D eigenvalue weighted by Gasteiger charge is -2.15. The van der Waals surface area contributed by atoms with Crippen LogP contribution in [0.1, 0.15) is 12.8 Å². The number of nitro benzene ring substituents is 1. The number of methoxy groups -OCH3 is 1. The molecule has 1 aliphatic carbocycles. The standard InChI is InChI=1S/C11H10FNO5/c1-17-10(14)11(5-6-11)18-8-4-2-3-7(12)9(8)13(15)16/h2-4H,5-6H2,1H3. The highest BCUT2D eigenvalue weighted by Crippen LogP contribution is 2.44. The first-order chi connectivity index (χ1) is 8.50. The van der Waals surface area contributed by atoms with Crippen molar-refractivity contribution in [3.63, 3.8) is 0 Å². The highest BCUT2D eigenvalue weighted by atomic mass is 19.1. The molecule has 0 heterocycles. The third kappa shape index (κ3) is 1.99. The molecule has 0 spiro atoms. The predicted octanol–water partition coefficient (Wildman–Crippen LogP) is 1.82. The van der Waals surface area contributed by atoms with E-state index in [1.807, 2.05) is 0 Å². The van der Waals surface area contributed by atoms with Crippen LogP contribution in [-0.4, -0.2) is 23.6 Å². The van der Waals surface area contributed by atoms with Gasteiger partial charge in [0, 0.05) is 12.8 Å². The van der Waals surface area contributed by atoms with E-state index in [9.17, 15) is 19.3 Å². The fourth-order valence-corrected chi connectivity index (χ4v) is 1.61. The minimum absolute atomic E-state index is 0.261. The lowest BCUT2D eigenvalue weighted by Crippen LogP contribution is -2.31. The Balaban J connectivity index is 2.33. The third-order valence-corrected chi connectivity index (χ3v) is 2.70. The highest BCUT2D eigenvalue weighted by Gasteiger charge is 2.55. The second kappa shape index (κ2) is 4.25. The zero-order valence-electron chi connectivity index (χ0n) is 9.51. The van der Waals surface area contributed by atoms with Gasteiger partial charge >= 0.3 is 11.7 Å².